The normalized spacial score (nSPS) is 12.8. The SMILES string of the molecule is CN=C(NCc1ccc(OC)nc1)NC(C)Cc1c(C)nn(C)c1C. The van der Waals surface area contributed by atoms with E-state index in [0.29, 0.717) is 12.4 Å². The van der Waals surface area contributed by atoms with Gasteiger partial charge in [-0.3, -0.25) is 9.67 Å². The third kappa shape index (κ3) is 4.95. The van der Waals surface area contributed by atoms with Crippen LogP contribution in [0, 0.1) is 13.8 Å². The molecule has 2 rings (SSSR count). The van der Waals surface area contributed by atoms with Gasteiger partial charge in [-0.05, 0) is 38.3 Å². The number of nitrogens with one attached hydrogen (secondary N) is 2. The molecule has 0 aliphatic heterocycles. The molecule has 0 fully saturated rings. The third-order valence-electron chi connectivity index (χ3n) is 4.24. The lowest BCUT2D eigenvalue weighted by Crippen LogP contribution is -2.42. The fourth-order valence-corrected chi connectivity index (χ4v) is 2.72. The number of aliphatic imine (C=N–C) groups is 1. The molecule has 2 N–H and O–H groups in total. The minimum atomic E-state index is 0.238. The highest BCUT2D eigenvalue weighted by atomic mass is 16.5. The molecule has 2 aromatic heterocycles. The zero-order valence-corrected chi connectivity index (χ0v) is 15.9. The summed E-state index contributed by atoms with van der Waals surface area (Å²) in [5, 5.41) is 11.2. The maximum atomic E-state index is 5.07. The van der Waals surface area contributed by atoms with E-state index < -0.39 is 0 Å². The Balaban J connectivity index is 1.90. The molecule has 7 nitrogen and oxygen atoms in total. The molecule has 0 saturated heterocycles. The molecule has 0 amide bonds. The standard InChI is InChI=1S/C18H28N6O/c1-12(9-16-13(2)23-24(5)14(16)3)22-18(19-4)21-11-15-7-8-17(25-6)20-10-15/h7-8,10,12H,9,11H2,1-6H3,(H2,19,21,22). The number of hydrogen-bond acceptors (Lipinski definition) is 4. The first kappa shape index (κ1) is 18.8. The molecule has 0 aromatic carbocycles. The molecule has 2 aromatic rings. The second kappa shape index (κ2) is 8.50. The van der Waals surface area contributed by atoms with Crippen LogP contribution in [0.15, 0.2) is 23.3 Å². The van der Waals surface area contributed by atoms with Crippen molar-refractivity contribution < 1.29 is 4.74 Å². The summed E-state index contributed by atoms with van der Waals surface area (Å²) < 4.78 is 7.00. The first-order valence-electron chi connectivity index (χ1n) is 8.39. The van der Waals surface area contributed by atoms with Crippen LogP contribution in [-0.4, -0.2) is 40.9 Å². The van der Waals surface area contributed by atoms with Gasteiger partial charge in [0, 0.05) is 44.6 Å². The van der Waals surface area contributed by atoms with Crippen molar-refractivity contribution in [2.24, 2.45) is 12.0 Å². The predicted octanol–water partition coefficient (Wildman–Crippen LogP) is 1.74. The summed E-state index contributed by atoms with van der Waals surface area (Å²) in [6.07, 6.45) is 2.70. The van der Waals surface area contributed by atoms with E-state index in [0.717, 1.165) is 23.6 Å². The number of aromatic nitrogens is 3. The molecule has 0 saturated carbocycles. The summed E-state index contributed by atoms with van der Waals surface area (Å²) in [5.74, 6) is 1.38. The van der Waals surface area contributed by atoms with E-state index in [4.69, 9.17) is 4.74 Å². The van der Waals surface area contributed by atoms with Gasteiger partial charge in [-0.25, -0.2) is 4.98 Å². The average molecular weight is 344 g/mol. The molecule has 0 radical (unpaired) electrons. The van der Waals surface area contributed by atoms with Crippen molar-refractivity contribution in [1.82, 2.24) is 25.4 Å². The van der Waals surface area contributed by atoms with Crippen LogP contribution >= 0.6 is 0 Å². The largest absolute Gasteiger partial charge is 0.481 e. The van der Waals surface area contributed by atoms with E-state index in [2.05, 4.69) is 46.5 Å². The summed E-state index contributed by atoms with van der Waals surface area (Å²) in [7, 11) is 5.36. The second-order valence-electron chi connectivity index (χ2n) is 6.16. The number of guanidine groups is 1. The van der Waals surface area contributed by atoms with Crippen LogP contribution < -0.4 is 15.4 Å². The molecule has 0 spiro atoms. The third-order valence-corrected chi connectivity index (χ3v) is 4.24. The summed E-state index contributed by atoms with van der Waals surface area (Å²) in [6, 6.07) is 4.07. The van der Waals surface area contributed by atoms with Crippen molar-refractivity contribution >= 4 is 5.96 Å². The zero-order valence-electron chi connectivity index (χ0n) is 15.9. The Hall–Kier alpha value is -2.57. The number of aryl methyl sites for hydroxylation is 2. The van der Waals surface area contributed by atoms with Gasteiger partial charge in [-0.2, -0.15) is 5.10 Å². The number of methoxy groups -OCH3 is 1. The predicted molar refractivity (Wildman–Crippen MR) is 100.0 cm³/mol. The number of nitrogens with zero attached hydrogens (tertiary/aromatic N) is 4. The quantitative estimate of drug-likeness (QED) is 0.617. The molecule has 7 heteroatoms. The van der Waals surface area contributed by atoms with Crippen molar-refractivity contribution in [1.29, 1.82) is 0 Å². The Labute approximate surface area is 149 Å². The van der Waals surface area contributed by atoms with E-state index in [1.54, 1.807) is 20.4 Å². The number of ether oxygens (including phenoxy) is 1. The summed E-state index contributed by atoms with van der Waals surface area (Å²) in [4.78, 5) is 8.50. The van der Waals surface area contributed by atoms with Gasteiger partial charge in [0.15, 0.2) is 5.96 Å². The summed E-state index contributed by atoms with van der Waals surface area (Å²) in [6.45, 7) is 6.95. The van der Waals surface area contributed by atoms with E-state index >= 15 is 0 Å². The first-order chi connectivity index (χ1) is 11.9. The van der Waals surface area contributed by atoms with Crippen molar-refractivity contribution in [3.05, 3.63) is 40.8 Å². The molecular formula is C18H28N6O. The van der Waals surface area contributed by atoms with E-state index in [1.807, 2.05) is 23.9 Å². The molecule has 25 heavy (non-hydrogen) atoms. The lowest BCUT2D eigenvalue weighted by Gasteiger charge is -2.18. The Morgan fingerprint density at radius 1 is 1.36 bits per heavy atom. The molecule has 0 bridgehead atoms. The molecule has 1 unspecified atom stereocenters. The lowest BCUT2D eigenvalue weighted by atomic mass is 10.1. The van der Waals surface area contributed by atoms with Crippen LogP contribution in [0.3, 0.4) is 0 Å². The first-order valence-corrected chi connectivity index (χ1v) is 8.39. The van der Waals surface area contributed by atoms with Crippen LogP contribution in [0.25, 0.3) is 0 Å². The molecule has 136 valence electrons. The fraction of sp³-hybridized carbons (Fsp3) is 0.500. The maximum Gasteiger partial charge on any atom is 0.212 e. The number of pyridine rings is 1. The highest BCUT2D eigenvalue weighted by Gasteiger charge is 2.14. The topological polar surface area (TPSA) is 76.4 Å². The van der Waals surface area contributed by atoms with Gasteiger partial charge >= 0.3 is 0 Å². The van der Waals surface area contributed by atoms with Gasteiger partial charge < -0.3 is 15.4 Å². The van der Waals surface area contributed by atoms with Crippen LogP contribution in [0.1, 0.15) is 29.4 Å². The van der Waals surface area contributed by atoms with Gasteiger partial charge in [-0.1, -0.05) is 6.07 Å². The van der Waals surface area contributed by atoms with Crippen LogP contribution in [-0.2, 0) is 20.0 Å². The van der Waals surface area contributed by atoms with Crippen molar-refractivity contribution in [2.45, 2.75) is 39.8 Å². The lowest BCUT2D eigenvalue weighted by molar-refractivity contribution is 0.397. The molecular weight excluding hydrogens is 316 g/mol. The van der Waals surface area contributed by atoms with Gasteiger partial charge in [0.2, 0.25) is 5.88 Å². The number of hydrogen-bond donors (Lipinski definition) is 2. The van der Waals surface area contributed by atoms with Gasteiger partial charge in [0.25, 0.3) is 0 Å². The Kier molecular flexibility index (Phi) is 6.38. The minimum absolute atomic E-state index is 0.238. The van der Waals surface area contributed by atoms with Crippen molar-refractivity contribution in [2.75, 3.05) is 14.2 Å². The Morgan fingerprint density at radius 3 is 2.64 bits per heavy atom. The summed E-state index contributed by atoms with van der Waals surface area (Å²) in [5.41, 5.74) is 4.65. The average Bonchev–Trinajstić information content (AvgIpc) is 2.85. The second-order valence-corrected chi connectivity index (χ2v) is 6.16. The Bertz CT molecular complexity index is 720. The van der Waals surface area contributed by atoms with E-state index in [9.17, 15) is 0 Å². The molecule has 0 aliphatic carbocycles. The monoisotopic (exact) mass is 344 g/mol. The van der Waals surface area contributed by atoms with Crippen molar-refractivity contribution in [3.8, 4) is 5.88 Å². The number of rotatable bonds is 6. The highest BCUT2D eigenvalue weighted by Crippen LogP contribution is 2.14. The maximum absolute atomic E-state index is 5.07. The summed E-state index contributed by atoms with van der Waals surface area (Å²) >= 11 is 0. The van der Waals surface area contributed by atoms with Gasteiger partial charge in [-0.15, -0.1) is 0 Å². The van der Waals surface area contributed by atoms with Crippen molar-refractivity contribution in [3.63, 3.8) is 0 Å². The zero-order chi connectivity index (χ0) is 18.4. The minimum Gasteiger partial charge on any atom is -0.481 e. The smallest absolute Gasteiger partial charge is 0.212 e. The van der Waals surface area contributed by atoms with Crippen LogP contribution in [0.5, 0.6) is 5.88 Å². The van der Waals surface area contributed by atoms with Gasteiger partial charge in [0.05, 0.1) is 12.8 Å². The highest BCUT2D eigenvalue weighted by molar-refractivity contribution is 5.79. The Morgan fingerprint density at radius 2 is 2.12 bits per heavy atom. The van der Waals surface area contributed by atoms with Gasteiger partial charge in [0.1, 0.15) is 0 Å². The fourth-order valence-electron chi connectivity index (χ4n) is 2.72. The van der Waals surface area contributed by atoms with Crippen LogP contribution in [0.2, 0.25) is 0 Å². The van der Waals surface area contributed by atoms with E-state index in [-0.39, 0.29) is 6.04 Å². The molecule has 0 aliphatic rings. The van der Waals surface area contributed by atoms with Crippen LogP contribution in [0.4, 0.5) is 0 Å². The molecule has 1 atom stereocenters. The molecule has 2 heterocycles. The van der Waals surface area contributed by atoms with E-state index in [1.165, 1.54) is 11.3 Å².